The summed E-state index contributed by atoms with van der Waals surface area (Å²) in [5.74, 6) is -0.0210. The van der Waals surface area contributed by atoms with Crippen molar-refractivity contribution in [3.8, 4) is 5.75 Å². The Labute approximate surface area is 156 Å². The van der Waals surface area contributed by atoms with Gasteiger partial charge in [0.1, 0.15) is 24.0 Å². The monoisotopic (exact) mass is 377 g/mol. The highest BCUT2D eigenvalue weighted by molar-refractivity contribution is 6.07. The number of hydrogen-bond donors (Lipinski definition) is 1. The summed E-state index contributed by atoms with van der Waals surface area (Å²) in [6.07, 6.45) is 3.04. The number of imide groups is 1. The normalized spacial score (nSPS) is 20.2. The molecular formula is C18H23N3O6. The van der Waals surface area contributed by atoms with Crippen LogP contribution in [0.15, 0.2) is 24.3 Å². The fourth-order valence-corrected chi connectivity index (χ4v) is 3.84. The second kappa shape index (κ2) is 7.51. The first kappa shape index (κ1) is 19.1. The highest BCUT2D eigenvalue weighted by Crippen LogP contribution is 2.39. The SMILES string of the molecule is CN1C(=O)N(C[C@H](O)COc2cccc([N+](=O)[O-])c2)C(=O)C12CCCCC2. The third kappa shape index (κ3) is 3.59. The summed E-state index contributed by atoms with van der Waals surface area (Å²) in [6.45, 7) is -0.354. The molecule has 1 spiro atoms. The number of urea groups is 1. The van der Waals surface area contributed by atoms with Crippen molar-refractivity contribution in [1.29, 1.82) is 0 Å². The first-order valence-corrected chi connectivity index (χ1v) is 9.00. The standard InChI is InChI=1S/C18H23N3O6/c1-19-17(24)20(16(23)18(19)8-3-2-4-9-18)11-14(22)12-27-15-7-5-6-13(10-15)21(25)26/h5-7,10,14,22H,2-4,8-9,11-12H2,1H3/t14-/m0/s1. The number of likely N-dealkylation sites (N-methyl/N-ethyl adjacent to an activating group) is 1. The number of carbonyl (C=O) groups excluding carboxylic acids is 2. The third-order valence-corrected chi connectivity index (χ3v) is 5.35. The minimum atomic E-state index is -1.09. The lowest BCUT2D eigenvalue weighted by molar-refractivity contribution is -0.384. The van der Waals surface area contributed by atoms with Gasteiger partial charge in [0.2, 0.25) is 0 Å². The summed E-state index contributed by atoms with van der Waals surface area (Å²) in [5, 5.41) is 21.0. The molecule has 1 aromatic rings. The maximum Gasteiger partial charge on any atom is 0.327 e. The van der Waals surface area contributed by atoms with Gasteiger partial charge in [0.05, 0.1) is 17.5 Å². The van der Waals surface area contributed by atoms with Crippen LogP contribution in [0, 0.1) is 10.1 Å². The van der Waals surface area contributed by atoms with E-state index in [1.165, 1.54) is 29.2 Å². The lowest BCUT2D eigenvalue weighted by Gasteiger charge is -2.35. The van der Waals surface area contributed by atoms with Gasteiger partial charge in [-0.25, -0.2) is 4.79 Å². The van der Waals surface area contributed by atoms with Gasteiger partial charge in [0, 0.05) is 13.1 Å². The number of hydrogen-bond acceptors (Lipinski definition) is 6. The maximum atomic E-state index is 12.9. The van der Waals surface area contributed by atoms with Crippen LogP contribution in [0.1, 0.15) is 32.1 Å². The molecule has 1 aliphatic heterocycles. The van der Waals surface area contributed by atoms with Crippen molar-refractivity contribution in [1.82, 2.24) is 9.80 Å². The van der Waals surface area contributed by atoms with E-state index in [4.69, 9.17) is 4.74 Å². The first-order valence-electron chi connectivity index (χ1n) is 9.00. The van der Waals surface area contributed by atoms with Crippen molar-refractivity contribution >= 4 is 17.6 Å². The van der Waals surface area contributed by atoms with Gasteiger partial charge in [-0.15, -0.1) is 0 Å². The van der Waals surface area contributed by atoms with Crippen molar-refractivity contribution in [2.45, 2.75) is 43.7 Å². The summed E-state index contributed by atoms with van der Waals surface area (Å²) in [5.41, 5.74) is -0.900. The summed E-state index contributed by atoms with van der Waals surface area (Å²) in [7, 11) is 1.64. The molecule has 3 amide bonds. The number of non-ortho nitro benzene ring substituents is 1. The van der Waals surface area contributed by atoms with E-state index in [0.29, 0.717) is 12.8 Å². The molecule has 2 fully saturated rings. The van der Waals surface area contributed by atoms with Crippen LogP contribution in [0.2, 0.25) is 0 Å². The van der Waals surface area contributed by atoms with Crippen molar-refractivity contribution in [3.05, 3.63) is 34.4 Å². The number of β-amino-alcohol motifs (C(OH)–C–C–N with tert-alkyl or cyclic N) is 1. The van der Waals surface area contributed by atoms with Gasteiger partial charge in [-0.05, 0) is 18.9 Å². The number of rotatable bonds is 6. The number of aliphatic hydroxyl groups excluding tert-OH is 1. The molecule has 1 saturated carbocycles. The molecule has 9 nitrogen and oxygen atoms in total. The fourth-order valence-electron chi connectivity index (χ4n) is 3.84. The Bertz CT molecular complexity index is 746. The lowest BCUT2D eigenvalue weighted by atomic mass is 9.81. The summed E-state index contributed by atoms with van der Waals surface area (Å²) in [6, 6.07) is 5.20. The molecule has 1 saturated heterocycles. The number of aliphatic hydroxyl groups is 1. The predicted octanol–water partition coefficient (Wildman–Crippen LogP) is 1.93. The number of nitrogens with zero attached hydrogens (tertiary/aromatic N) is 3. The molecule has 0 radical (unpaired) electrons. The minimum absolute atomic E-state index is 0.118. The van der Waals surface area contributed by atoms with Crippen LogP contribution in [0.3, 0.4) is 0 Å². The van der Waals surface area contributed by atoms with E-state index in [9.17, 15) is 24.8 Å². The molecule has 27 heavy (non-hydrogen) atoms. The van der Waals surface area contributed by atoms with E-state index in [2.05, 4.69) is 0 Å². The highest BCUT2D eigenvalue weighted by atomic mass is 16.6. The molecule has 146 valence electrons. The zero-order valence-corrected chi connectivity index (χ0v) is 15.2. The van der Waals surface area contributed by atoms with Crippen molar-refractivity contribution in [3.63, 3.8) is 0 Å². The molecule has 1 aliphatic carbocycles. The fraction of sp³-hybridized carbons (Fsp3) is 0.556. The van der Waals surface area contributed by atoms with Gasteiger partial charge < -0.3 is 14.7 Å². The van der Waals surface area contributed by atoms with E-state index in [1.54, 1.807) is 7.05 Å². The molecule has 1 N–H and O–H groups in total. The number of nitro benzene ring substituents is 1. The Balaban J connectivity index is 1.61. The molecule has 0 unspecified atom stereocenters. The van der Waals surface area contributed by atoms with Crippen molar-refractivity contribution < 1.29 is 24.4 Å². The predicted molar refractivity (Wildman–Crippen MR) is 95.3 cm³/mol. The number of benzene rings is 1. The zero-order valence-electron chi connectivity index (χ0n) is 15.2. The quantitative estimate of drug-likeness (QED) is 0.460. The second-order valence-corrected chi connectivity index (χ2v) is 7.07. The van der Waals surface area contributed by atoms with E-state index in [0.717, 1.165) is 24.2 Å². The second-order valence-electron chi connectivity index (χ2n) is 7.07. The van der Waals surface area contributed by atoms with Gasteiger partial charge in [0.25, 0.3) is 11.6 Å². The Kier molecular flexibility index (Phi) is 5.31. The molecule has 1 atom stereocenters. The van der Waals surface area contributed by atoms with Gasteiger partial charge >= 0.3 is 6.03 Å². The highest BCUT2D eigenvalue weighted by Gasteiger charge is 2.55. The summed E-state index contributed by atoms with van der Waals surface area (Å²) in [4.78, 5) is 38.2. The van der Waals surface area contributed by atoms with Crippen LogP contribution in [0.5, 0.6) is 5.75 Å². The topological polar surface area (TPSA) is 113 Å². The molecule has 0 aromatic heterocycles. The van der Waals surface area contributed by atoms with Crippen LogP contribution in [0.25, 0.3) is 0 Å². The van der Waals surface area contributed by atoms with Crippen LogP contribution in [0.4, 0.5) is 10.5 Å². The summed E-state index contributed by atoms with van der Waals surface area (Å²) >= 11 is 0. The number of ether oxygens (including phenoxy) is 1. The molecule has 2 aliphatic rings. The largest absolute Gasteiger partial charge is 0.491 e. The van der Waals surface area contributed by atoms with Gasteiger partial charge in [0.15, 0.2) is 0 Å². The minimum Gasteiger partial charge on any atom is -0.491 e. The van der Waals surface area contributed by atoms with Crippen LogP contribution < -0.4 is 4.74 Å². The number of amides is 3. The van der Waals surface area contributed by atoms with Crippen molar-refractivity contribution in [2.75, 3.05) is 20.2 Å². The van der Waals surface area contributed by atoms with E-state index in [1.807, 2.05) is 0 Å². The Hall–Kier alpha value is -2.68. The van der Waals surface area contributed by atoms with Crippen LogP contribution in [-0.2, 0) is 4.79 Å². The average Bonchev–Trinajstić information content (AvgIpc) is 2.83. The Morgan fingerprint density at radius 2 is 2.00 bits per heavy atom. The summed E-state index contributed by atoms with van der Waals surface area (Å²) < 4.78 is 5.39. The number of nitro groups is 1. The van der Waals surface area contributed by atoms with Crippen LogP contribution in [-0.4, -0.2) is 63.6 Å². The van der Waals surface area contributed by atoms with E-state index < -0.39 is 22.6 Å². The Morgan fingerprint density at radius 1 is 1.30 bits per heavy atom. The molecule has 1 aromatic carbocycles. The molecule has 0 bridgehead atoms. The number of carbonyl (C=O) groups is 2. The average molecular weight is 377 g/mol. The maximum absolute atomic E-state index is 12.9. The zero-order chi connectivity index (χ0) is 19.6. The van der Waals surface area contributed by atoms with Crippen molar-refractivity contribution in [2.24, 2.45) is 0 Å². The van der Waals surface area contributed by atoms with Gasteiger partial charge in [-0.3, -0.25) is 19.8 Å². The molecule has 1 heterocycles. The Morgan fingerprint density at radius 3 is 2.67 bits per heavy atom. The van der Waals surface area contributed by atoms with Gasteiger partial charge in [-0.2, -0.15) is 0 Å². The molecule has 9 heteroatoms. The third-order valence-electron chi connectivity index (χ3n) is 5.35. The smallest absolute Gasteiger partial charge is 0.327 e. The molecular weight excluding hydrogens is 354 g/mol. The van der Waals surface area contributed by atoms with E-state index >= 15 is 0 Å². The van der Waals surface area contributed by atoms with Crippen LogP contribution >= 0.6 is 0 Å². The first-order chi connectivity index (χ1) is 12.8. The molecule has 3 rings (SSSR count). The lowest BCUT2D eigenvalue weighted by Crippen LogP contribution is -2.49. The van der Waals surface area contributed by atoms with Gasteiger partial charge in [-0.1, -0.05) is 25.3 Å². The van der Waals surface area contributed by atoms with E-state index in [-0.39, 0.29) is 30.5 Å².